The van der Waals surface area contributed by atoms with Crippen LogP contribution in [0.4, 0.5) is 0 Å². The lowest BCUT2D eigenvalue weighted by Gasteiger charge is -2.06. The maximum absolute atomic E-state index is 6.14. The van der Waals surface area contributed by atoms with Crippen LogP contribution in [-0.4, -0.2) is 26.3 Å². The maximum atomic E-state index is 6.14. The number of hydrogen-bond donors (Lipinski definition) is 0. The van der Waals surface area contributed by atoms with Crippen molar-refractivity contribution in [3.63, 3.8) is 0 Å². The van der Waals surface area contributed by atoms with Gasteiger partial charge in [-0.15, -0.1) is 5.10 Å². The number of benzene rings is 1. The summed E-state index contributed by atoms with van der Waals surface area (Å²) in [6, 6.07) is 15.7. The van der Waals surface area contributed by atoms with Crippen molar-refractivity contribution in [3.8, 4) is 17.1 Å². The smallest absolute Gasteiger partial charge is 0.177 e. The van der Waals surface area contributed by atoms with E-state index in [1.165, 1.54) is 0 Å². The van der Waals surface area contributed by atoms with Crippen LogP contribution in [0.25, 0.3) is 22.6 Å². The molecular weight excluding hydrogens is 324 g/mol. The predicted molar refractivity (Wildman–Crippen MR) is 93.5 cm³/mol. The first-order valence-corrected chi connectivity index (χ1v) is 7.91. The van der Waals surface area contributed by atoms with E-state index < -0.39 is 0 Å². The van der Waals surface area contributed by atoms with Crippen molar-refractivity contribution >= 4 is 17.1 Å². The van der Waals surface area contributed by atoms with Crippen molar-refractivity contribution in [2.75, 3.05) is 7.11 Å². The molecule has 0 spiro atoms. The molecule has 5 nitrogen and oxygen atoms in total. The minimum absolute atomic E-state index is 0.354. The highest BCUT2D eigenvalue weighted by atomic mass is 35.5. The van der Waals surface area contributed by atoms with Gasteiger partial charge in [-0.25, -0.2) is 9.67 Å². The Morgan fingerprint density at radius 1 is 1.08 bits per heavy atom. The zero-order valence-electron chi connectivity index (χ0n) is 13.1. The van der Waals surface area contributed by atoms with Crippen LogP contribution in [0.3, 0.4) is 0 Å². The Bertz CT molecular complexity index is 1010. The number of ether oxygens (including phenoxy) is 1. The van der Waals surface area contributed by atoms with E-state index in [4.69, 9.17) is 16.3 Å². The van der Waals surface area contributed by atoms with Crippen LogP contribution in [0, 0.1) is 0 Å². The number of pyridine rings is 1. The summed E-state index contributed by atoms with van der Waals surface area (Å²) < 4.78 is 9.06. The van der Waals surface area contributed by atoms with Crippen molar-refractivity contribution in [2.45, 2.75) is 6.61 Å². The molecule has 0 saturated heterocycles. The number of hydrogen-bond acceptors (Lipinski definition) is 3. The first kappa shape index (κ1) is 14.9. The number of rotatable bonds is 4. The molecule has 0 atom stereocenters. The summed E-state index contributed by atoms with van der Waals surface area (Å²) >= 11 is 6.14. The zero-order valence-corrected chi connectivity index (χ0v) is 13.8. The van der Waals surface area contributed by atoms with Gasteiger partial charge < -0.3 is 9.14 Å². The lowest BCUT2D eigenvalue weighted by atomic mass is 10.2. The van der Waals surface area contributed by atoms with Crippen LogP contribution in [0.15, 0.2) is 60.9 Å². The van der Waals surface area contributed by atoms with Gasteiger partial charge in [0.05, 0.1) is 11.2 Å². The van der Waals surface area contributed by atoms with Gasteiger partial charge in [0.15, 0.2) is 11.6 Å². The third-order valence-corrected chi connectivity index (χ3v) is 4.02. The average Bonchev–Trinajstić information content (AvgIpc) is 3.19. The standard InChI is InChI=1S/C18H15ClN4O/c1-24-12-17-20-18(15-8-10-22-9-3-2-7-16(15)22)23(21-17)14-6-4-5-13(19)11-14/h2-11H,12H2,1H3. The molecule has 0 aliphatic rings. The fraction of sp³-hybridized carbons (Fsp3) is 0.111. The Morgan fingerprint density at radius 2 is 2.00 bits per heavy atom. The van der Waals surface area contributed by atoms with E-state index in [2.05, 4.69) is 20.5 Å². The Morgan fingerprint density at radius 3 is 2.83 bits per heavy atom. The zero-order chi connectivity index (χ0) is 16.5. The van der Waals surface area contributed by atoms with Gasteiger partial charge in [-0.3, -0.25) is 0 Å². The van der Waals surface area contributed by atoms with Gasteiger partial charge in [0.1, 0.15) is 6.61 Å². The van der Waals surface area contributed by atoms with Gasteiger partial charge in [-0.1, -0.05) is 23.7 Å². The molecular formula is C18H15ClN4O. The highest BCUT2D eigenvalue weighted by Gasteiger charge is 2.16. The molecule has 3 aromatic heterocycles. The van der Waals surface area contributed by atoms with E-state index in [9.17, 15) is 0 Å². The van der Waals surface area contributed by atoms with Gasteiger partial charge in [0.2, 0.25) is 0 Å². The summed E-state index contributed by atoms with van der Waals surface area (Å²) in [5, 5.41) is 5.24. The van der Waals surface area contributed by atoms with Crippen LogP contribution in [-0.2, 0) is 11.3 Å². The first-order chi connectivity index (χ1) is 11.8. The predicted octanol–water partition coefficient (Wildman–Crippen LogP) is 3.99. The molecule has 0 aliphatic heterocycles. The fourth-order valence-corrected chi connectivity index (χ4v) is 2.94. The molecule has 4 rings (SSSR count). The van der Waals surface area contributed by atoms with Crippen LogP contribution < -0.4 is 0 Å². The van der Waals surface area contributed by atoms with Gasteiger partial charge in [0, 0.05) is 30.1 Å². The SMILES string of the molecule is COCc1nc(-c2ccn3ccccc23)n(-c2cccc(Cl)c2)n1. The maximum Gasteiger partial charge on any atom is 0.177 e. The molecule has 3 heterocycles. The second-order valence-corrected chi connectivity index (χ2v) is 5.84. The molecule has 0 amide bonds. The molecule has 0 unspecified atom stereocenters. The fourth-order valence-electron chi connectivity index (χ4n) is 2.75. The second-order valence-electron chi connectivity index (χ2n) is 5.40. The first-order valence-electron chi connectivity index (χ1n) is 7.53. The lowest BCUT2D eigenvalue weighted by molar-refractivity contribution is 0.178. The van der Waals surface area contributed by atoms with Gasteiger partial charge in [0.25, 0.3) is 0 Å². The van der Waals surface area contributed by atoms with Crippen molar-refractivity contribution in [2.24, 2.45) is 0 Å². The lowest BCUT2D eigenvalue weighted by Crippen LogP contribution is -2.00. The molecule has 1 aromatic carbocycles. The molecule has 6 heteroatoms. The van der Waals surface area contributed by atoms with E-state index >= 15 is 0 Å². The number of methoxy groups -OCH3 is 1. The molecule has 0 aliphatic carbocycles. The average molecular weight is 339 g/mol. The van der Waals surface area contributed by atoms with E-state index in [-0.39, 0.29) is 0 Å². The topological polar surface area (TPSA) is 44.4 Å². The van der Waals surface area contributed by atoms with Crippen LogP contribution in [0.2, 0.25) is 5.02 Å². The number of nitrogens with zero attached hydrogens (tertiary/aromatic N) is 4. The molecule has 0 N–H and O–H groups in total. The third-order valence-electron chi connectivity index (χ3n) is 3.79. The number of halogens is 1. The summed E-state index contributed by atoms with van der Waals surface area (Å²) in [6.45, 7) is 0.354. The molecule has 24 heavy (non-hydrogen) atoms. The Balaban J connectivity index is 1.94. The minimum Gasteiger partial charge on any atom is -0.377 e. The molecule has 0 radical (unpaired) electrons. The molecule has 0 saturated carbocycles. The number of aromatic nitrogens is 4. The molecule has 0 bridgehead atoms. The van der Waals surface area contributed by atoms with Crippen LogP contribution >= 0.6 is 11.6 Å². The second kappa shape index (κ2) is 6.11. The van der Waals surface area contributed by atoms with Crippen LogP contribution in [0.1, 0.15) is 5.82 Å². The Hall–Kier alpha value is -2.63. The number of fused-ring (bicyclic) bond motifs is 1. The normalized spacial score (nSPS) is 11.2. The van der Waals surface area contributed by atoms with Gasteiger partial charge >= 0.3 is 0 Å². The van der Waals surface area contributed by atoms with Crippen LogP contribution in [0.5, 0.6) is 0 Å². The van der Waals surface area contributed by atoms with Crippen molar-refractivity contribution in [1.29, 1.82) is 0 Å². The van der Waals surface area contributed by atoms with Gasteiger partial charge in [-0.2, -0.15) is 0 Å². The molecule has 4 aromatic rings. The van der Waals surface area contributed by atoms with Crippen molar-refractivity contribution in [3.05, 3.63) is 71.8 Å². The highest BCUT2D eigenvalue weighted by molar-refractivity contribution is 6.30. The summed E-state index contributed by atoms with van der Waals surface area (Å²) in [7, 11) is 1.63. The van der Waals surface area contributed by atoms with E-state index in [0.29, 0.717) is 17.5 Å². The quantitative estimate of drug-likeness (QED) is 0.565. The third kappa shape index (κ3) is 2.58. The molecule has 0 fully saturated rings. The van der Waals surface area contributed by atoms with E-state index in [0.717, 1.165) is 22.6 Å². The summed E-state index contributed by atoms with van der Waals surface area (Å²) in [6.07, 6.45) is 4.02. The Kier molecular flexibility index (Phi) is 3.80. The highest BCUT2D eigenvalue weighted by Crippen LogP contribution is 2.27. The van der Waals surface area contributed by atoms with Crippen molar-refractivity contribution < 1.29 is 4.74 Å². The summed E-state index contributed by atoms with van der Waals surface area (Å²) in [5.74, 6) is 1.39. The monoisotopic (exact) mass is 338 g/mol. The largest absolute Gasteiger partial charge is 0.377 e. The van der Waals surface area contributed by atoms with Gasteiger partial charge in [-0.05, 0) is 36.4 Å². The summed E-state index contributed by atoms with van der Waals surface area (Å²) in [4.78, 5) is 4.67. The Labute approximate surface area is 144 Å². The minimum atomic E-state index is 0.354. The molecule has 120 valence electrons. The summed E-state index contributed by atoms with van der Waals surface area (Å²) in [5.41, 5.74) is 2.94. The van der Waals surface area contributed by atoms with E-state index in [1.807, 2.05) is 59.5 Å². The van der Waals surface area contributed by atoms with Crippen molar-refractivity contribution in [1.82, 2.24) is 19.2 Å². The van der Waals surface area contributed by atoms with E-state index in [1.54, 1.807) is 7.11 Å².